The first-order chi connectivity index (χ1) is 9.97. The molecule has 0 radical (unpaired) electrons. The first kappa shape index (κ1) is 16.8. The normalized spacial score (nSPS) is 19.0. The molecule has 0 bridgehead atoms. The Morgan fingerprint density at radius 1 is 1.19 bits per heavy atom. The molecular weight excluding hydrogens is 306 g/mol. The molecule has 0 spiro atoms. The van der Waals surface area contributed by atoms with E-state index in [1.807, 2.05) is 12.1 Å². The number of benzene rings is 1. The molecule has 0 N–H and O–H groups in total. The molecular formula is C16H24ClNO2S. The van der Waals surface area contributed by atoms with Crippen molar-refractivity contribution in [3.8, 4) is 0 Å². The number of sulfonamides is 1. The van der Waals surface area contributed by atoms with Crippen LogP contribution in [-0.4, -0.2) is 31.7 Å². The zero-order valence-corrected chi connectivity index (χ0v) is 14.4. The smallest absolute Gasteiger partial charge is 0.207 e. The predicted molar refractivity (Wildman–Crippen MR) is 87.3 cm³/mol. The molecule has 1 aliphatic heterocycles. The number of hydrogen-bond acceptors (Lipinski definition) is 2. The van der Waals surface area contributed by atoms with Crippen molar-refractivity contribution in [2.24, 2.45) is 5.41 Å². The van der Waals surface area contributed by atoms with Gasteiger partial charge in [-0.1, -0.05) is 26.0 Å². The summed E-state index contributed by atoms with van der Waals surface area (Å²) in [5, 5.41) is 0. The zero-order chi connectivity index (χ0) is 15.5. The predicted octanol–water partition coefficient (Wildman–Crippen LogP) is 3.67. The summed E-state index contributed by atoms with van der Waals surface area (Å²) in [6.07, 6.45) is 3.79. The average Bonchev–Trinajstić information content (AvgIpc) is 2.94. The van der Waals surface area contributed by atoms with Crippen LogP contribution in [-0.2, 0) is 16.4 Å². The van der Waals surface area contributed by atoms with Crippen molar-refractivity contribution in [2.45, 2.75) is 44.4 Å². The summed E-state index contributed by atoms with van der Waals surface area (Å²) in [5.74, 6) is 0.549. The van der Waals surface area contributed by atoms with Crippen molar-refractivity contribution < 1.29 is 8.42 Å². The molecule has 1 heterocycles. The SMILES string of the molecule is CCC1(CC)CCN(S(=O)(=O)c2ccc(CCCl)cc2)C1. The number of aryl methyl sites for hydroxylation is 1. The molecule has 118 valence electrons. The molecule has 0 saturated carbocycles. The highest BCUT2D eigenvalue weighted by Crippen LogP contribution is 2.39. The lowest BCUT2D eigenvalue weighted by molar-refractivity contribution is 0.279. The molecule has 0 aromatic heterocycles. The standard InChI is InChI=1S/C16H24ClNO2S/c1-3-16(4-2)10-12-18(13-16)21(19,20)15-7-5-14(6-8-15)9-11-17/h5-8H,3-4,9-13H2,1-2H3. The Hall–Kier alpha value is -0.580. The van der Waals surface area contributed by atoms with Gasteiger partial charge < -0.3 is 0 Å². The fourth-order valence-electron chi connectivity index (χ4n) is 3.01. The summed E-state index contributed by atoms with van der Waals surface area (Å²) in [5.41, 5.74) is 1.23. The minimum absolute atomic E-state index is 0.158. The molecule has 1 saturated heterocycles. The van der Waals surface area contributed by atoms with E-state index in [0.29, 0.717) is 23.9 Å². The van der Waals surface area contributed by atoms with Crippen molar-refractivity contribution in [1.29, 1.82) is 0 Å². The molecule has 2 rings (SSSR count). The van der Waals surface area contributed by atoms with Crippen molar-refractivity contribution in [3.63, 3.8) is 0 Å². The van der Waals surface area contributed by atoms with Crippen LogP contribution in [0.3, 0.4) is 0 Å². The van der Waals surface area contributed by atoms with Gasteiger partial charge in [0.15, 0.2) is 0 Å². The summed E-state index contributed by atoms with van der Waals surface area (Å²) in [7, 11) is -3.36. The van der Waals surface area contributed by atoms with Gasteiger partial charge in [0.2, 0.25) is 10.0 Å². The van der Waals surface area contributed by atoms with Gasteiger partial charge in [-0.15, -0.1) is 11.6 Å². The van der Waals surface area contributed by atoms with Gasteiger partial charge in [0.25, 0.3) is 0 Å². The molecule has 0 aliphatic carbocycles. The van der Waals surface area contributed by atoms with Gasteiger partial charge >= 0.3 is 0 Å². The van der Waals surface area contributed by atoms with Crippen LogP contribution in [0.4, 0.5) is 0 Å². The lowest BCUT2D eigenvalue weighted by Gasteiger charge is -2.26. The van der Waals surface area contributed by atoms with Gasteiger partial charge in [0, 0.05) is 19.0 Å². The van der Waals surface area contributed by atoms with Crippen molar-refractivity contribution >= 4 is 21.6 Å². The Morgan fingerprint density at radius 2 is 1.81 bits per heavy atom. The fraction of sp³-hybridized carbons (Fsp3) is 0.625. The van der Waals surface area contributed by atoms with Crippen LogP contribution in [0.1, 0.15) is 38.7 Å². The van der Waals surface area contributed by atoms with Crippen LogP contribution in [0.5, 0.6) is 0 Å². The lowest BCUT2D eigenvalue weighted by atomic mass is 9.82. The van der Waals surface area contributed by atoms with E-state index in [1.165, 1.54) is 0 Å². The third-order valence-electron chi connectivity index (χ3n) is 4.85. The van der Waals surface area contributed by atoms with Gasteiger partial charge in [-0.3, -0.25) is 0 Å². The van der Waals surface area contributed by atoms with Crippen LogP contribution < -0.4 is 0 Å². The van der Waals surface area contributed by atoms with Gasteiger partial charge in [-0.05, 0) is 48.8 Å². The first-order valence-corrected chi connectivity index (χ1v) is 9.60. The van der Waals surface area contributed by atoms with Crippen LogP contribution in [0, 0.1) is 5.41 Å². The highest BCUT2D eigenvalue weighted by molar-refractivity contribution is 7.89. The van der Waals surface area contributed by atoms with E-state index < -0.39 is 10.0 Å². The Morgan fingerprint density at radius 3 is 2.29 bits per heavy atom. The second kappa shape index (κ2) is 6.67. The monoisotopic (exact) mass is 329 g/mol. The number of nitrogens with zero attached hydrogens (tertiary/aromatic N) is 1. The van der Waals surface area contributed by atoms with Gasteiger partial charge in [-0.25, -0.2) is 8.42 Å². The lowest BCUT2D eigenvalue weighted by Crippen LogP contribution is -2.31. The number of alkyl halides is 1. The summed E-state index contributed by atoms with van der Waals surface area (Å²) in [6.45, 7) is 5.58. The topological polar surface area (TPSA) is 37.4 Å². The zero-order valence-electron chi connectivity index (χ0n) is 12.8. The fourth-order valence-corrected chi connectivity index (χ4v) is 4.78. The van der Waals surface area contributed by atoms with Crippen LogP contribution >= 0.6 is 11.6 Å². The van der Waals surface area contributed by atoms with E-state index >= 15 is 0 Å². The second-order valence-electron chi connectivity index (χ2n) is 5.88. The van der Waals surface area contributed by atoms with Crippen molar-refractivity contribution in [2.75, 3.05) is 19.0 Å². The molecule has 0 atom stereocenters. The third-order valence-corrected chi connectivity index (χ3v) is 6.90. The van der Waals surface area contributed by atoms with E-state index in [0.717, 1.165) is 31.2 Å². The Bertz CT molecular complexity index is 564. The molecule has 21 heavy (non-hydrogen) atoms. The minimum Gasteiger partial charge on any atom is -0.207 e. The maximum Gasteiger partial charge on any atom is 0.243 e. The maximum absolute atomic E-state index is 12.7. The van der Waals surface area contributed by atoms with Crippen LogP contribution in [0.2, 0.25) is 0 Å². The summed E-state index contributed by atoms with van der Waals surface area (Å²) < 4.78 is 27.1. The molecule has 0 amide bonds. The van der Waals surface area contributed by atoms with E-state index in [4.69, 9.17) is 11.6 Å². The summed E-state index contributed by atoms with van der Waals surface area (Å²) in [6, 6.07) is 7.13. The number of rotatable bonds is 6. The van der Waals surface area contributed by atoms with Gasteiger partial charge in [0.1, 0.15) is 0 Å². The Labute approximate surface area is 133 Å². The van der Waals surface area contributed by atoms with E-state index in [2.05, 4.69) is 13.8 Å². The van der Waals surface area contributed by atoms with E-state index in [1.54, 1.807) is 16.4 Å². The van der Waals surface area contributed by atoms with Gasteiger partial charge in [-0.2, -0.15) is 4.31 Å². The van der Waals surface area contributed by atoms with E-state index in [9.17, 15) is 8.42 Å². The third kappa shape index (κ3) is 3.43. The molecule has 1 aliphatic rings. The quantitative estimate of drug-likeness (QED) is 0.747. The Balaban J connectivity index is 2.19. The van der Waals surface area contributed by atoms with Crippen molar-refractivity contribution in [1.82, 2.24) is 4.31 Å². The highest BCUT2D eigenvalue weighted by atomic mass is 35.5. The van der Waals surface area contributed by atoms with E-state index in [-0.39, 0.29) is 5.41 Å². The molecule has 3 nitrogen and oxygen atoms in total. The maximum atomic E-state index is 12.7. The molecule has 1 aromatic carbocycles. The van der Waals surface area contributed by atoms with Crippen molar-refractivity contribution in [3.05, 3.63) is 29.8 Å². The molecule has 0 unspecified atom stereocenters. The second-order valence-corrected chi connectivity index (χ2v) is 8.19. The molecule has 5 heteroatoms. The van der Waals surface area contributed by atoms with Gasteiger partial charge in [0.05, 0.1) is 4.90 Å². The summed E-state index contributed by atoms with van der Waals surface area (Å²) >= 11 is 5.71. The Kier molecular flexibility index (Phi) is 5.33. The summed E-state index contributed by atoms with van der Waals surface area (Å²) in [4.78, 5) is 0.392. The number of hydrogen-bond donors (Lipinski definition) is 0. The molecule has 1 aromatic rings. The van der Waals surface area contributed by atoms with Crippen LogP contribution in [0.25, 0.3) is 0 Å². The minimum atomic E-state index is -3.36. The first-order valence-electron chi connectivity index (χ1n) is 7.62. The number of halogens is 1. The van der Waals surface area contributed by atoms with Crippen LogP contribution in [0.15, 0.2) is 29.2 Å². The average molecular weight is 330 g/mol. The molecule has 1 fully saturated rings. The highest BCUT2D eigenvalue weighted by Gasteiger charge is 2.40. The largest absolute Gasteiger partial charge is 0.243 e.